The molecule has 0 bridgehead atoms. The first-order valence-electron chi connectivity index (χ1n) is 10.2. The maximum atomic E-state index is 11.0. The lowest BCUT2D eigenvalue weighted by Gasteiger charge is -2.40. The molecule has 1 aliphatic heterocycles. The monoisotopic (exact) mass is 432 g/mol. The molecule has 8 nitrogen and oxygen atoms in total. The Labute approximate surface area is 180 Å². The lowest BCUT2D eigenvalue weighted by atomic mass is 10.0. The maximum Gasteiger partial charge on any atom is 0.230 e. The molecule has 1 fully saturated rings. The van der Waals surface area contributed by atoms with Crippen LogP contribution in [0, 0.1) is 6.92 Å². The number of nitrogens with zero attached hydrogens (tertiary/aromatic N) is 4. The van der Waals surface area contributed by atoms with Crippen molar-refractivity contribution < 1.29 is 19.3 Å². The fourth-order valence-electron chi connectivity index (χ4n) is 4.11. The van der Waals surface area contributed by atoms with E-state index in [1.807, 2.05) is 32.0 Å². The molecule has 0 saturated carbocycles. The Morgan fingerprint density at radius 2 is 2.00 bits per heavy atom. The van der Waals surface area contributed by atoms with Crippen LogP contribution in [0.2, 0.25) is 0 Å². The zero-order chi connectivity index (χ0) is 21.4. The molecule has 1 saturated heterocycles. The van der Waals surface area contributed by atoms with Crippen LogP contribution < -0.4 is 9.47 Å². The fourth-order valence-corrected chi connectivity index (χ4v) is 5.27. The number of aromatic hydroxyl groups is 1. The van der Waals surface area contributed by atoms with Crippen LogP contribution in [0.1, 0.15) is 43.1 Å². The standard InChI is InChI=1S/C21H28N4O4S/c1-6-28-16-8-7-15(9-17(16)27-5)18(24-10-12(2)29-13(3)11-24)19-20(26)25-21(30-19)22-14(4)23-25/h7-9,12-13,18,26H,6,10-11H2,1-5H3/t12-,13-,18+/m1/s1. The summed E-state index contributed by atoms with van der Waals surface area (Å²) in [5.74, 6) is 2.13. The molecule has 162 valence electrons. The van der Waals surface area contributed by atoms with Gasteiger partial charge in [0.15, 0.2) is 11.5 Å². The van der Waals surface area contributed by atoms with Crippen LogP contribution in [0.4, 0.5) is 0 Å². The zero-order valence-electron chi connectivity index (χ0n) is 18.0. The first kappa shape index (κ1) is 20.9. The highest BCUT2D eigenvalue weighted by molar-refractivity contribution is 7.17. The maximum absolute atomic E-state index is 11.0. The van der Waals surface area contributed by atoms with E-state index < -0.39 is 0 Å². The van der Waals surface area contributed by atoms with Gasteiger partial charge in [0.25, 0.3) is 0 Å². The molecule has 9 heteroatoms. The summed E-state index contributed by atoms with van der Waals surface area (Å²) >= 11 is 1.46. The van der Waals surface area contributed by atoms with Crippen molar-refractivity contribution in [3.05, 3.63) is 34.5 Å². The third-order valence-electron chi connectivity index (χ3n) is 5.17. The summed E-state index contributed by atoms with van der Waals surface area (Å²) in [5.41, 5.74) is 1.01. The third kappa shape index (κ3) is 3.84. The van der Waals surface area contributed by atoms with Gasteiger partial charge in [0.1, 0.15) is 5.82 Å². The van der Waals surface area contributed by atoms with Crippen molar-refractivity contribution in [3.63, 3.8) is 0 Å². The molecule has 3 atom stereocenters. The van der Waals surface area contributed by atoms with Gasteiger partial charge < -0.3 is 19.3 Å². The molecule has 4 rings (SSSR count). The molecule has 1 aromatic carbocycles. The van der Waals surface area contributed by atoms with Crippen molar-refractivity contribution in [2.75, 3.05) is 26.8 Å². The Morgan fingerprint density at radius 1 is 1.27 bits per heavy atom. The minimum Gasteiger partial charge on any atom is -0.493 e. The average molecular weight is 433 g/mol. The molecule has 1 N–H and O–H groups in total. The average Bonchev–Trinajstić information content (AvgIpc) is 3.20. The van der Waals surface area contributed by atoms with Crippen molar-refractivity contribution in [2.45, 2.75) is 45.9 Å². The van der Waals surface area contributed by atoms with Crippen LogP contribution in [0.15, 0.2) is 18.2 Å². The van der Waals surface area contributed by atoms with Gasteiger partial charge in [0, 0.05) is 13.1 Å². The molecule has 0 radical (unpaired) electrons. The highest BCUT2D eigenvalue weighted by Crippen LogP contribution is 2.43. The summed E-state index contributed by atoms with van der Waals surface area (Å²) in [4.78, 5) is 8.26. The quantitative estimate of drug-likeness (QED) is 0.639. The van der Waals surface area contributed by atoms with Gasteiger partial charge in [-0.2, -0.15) is 4.52 Å². The number of hydrogen-bond acceptors (Lipinski definition) is 8. The van der Waals surface area contributed by atoms with E-state index >= 15 is 0 Å². The molecule has 0 aliphatic carbocycles. The smallest absolute Gasteiger partial charge is 0.230 e. The number of methoxy groups -OCH3 is 1. The van der Waals surface area contributed by atoms with Crippen molar-refractivity contribution in [1.29, 1.82) is 0 Å². The number of thiazole rings is 1. The summed E-state index contributed by atoms with van der Waals surface area (Å²) in [6.45, 7) is 9.97. The van der Waals surface area contributed by atoms with Crippen molar-refractivity contribution in [2.24, 2.45) is 0 Å². The van der Waals surface area contributed by atoms with Crippen molar-refractivity contribution >= 4 is 16.3 Å². The van der Waals surface area contributed by atoms with E-state index in [9.17, 15) is 5.11 Å². The van der Waals surface area contributed by atoms with Gasteiger partial charge in [-0.15, -0.1) is 5.10 Å². The summed E-state index contributed by atoms with van der Waals surface area (Å²) in [7, 11) is 1.64. The highest BCUT2D eigenvalue weighted by Gasteiger charge is 2.34. The Hall–Kier alpha value is -2.36. The van der Waals surface area contributed by atoms with Crippen molar-refractivity contribution in [1.82, 2.24) is 19.5 Å². The van der Waals surface area contributed by atoms with Crippen molar-refractivity contribution in [3.8, 4) is 17.4 Å². The Bertz CT molecular complexity index is 1020. The normalized spacial score (nSPS) is 21.1. The van der Waals surface area contributed by atoms with Gasteiger partial charge in [-0.05, 0) is 45.4 Å². The van der Waals surface area contributed by atoms with E-state index in [1.165, 1.54) is 15.9 Å². The second-order valence-corrected chi connectivity index (χ2v) is 8.61. The summed E-state index contributed by atoms with van der Waals surface area (Å²) in [6.07, 6.45) is 0.180. The van der Waals surface area contributed by atoms with E-state index in [0.717, 1.165) is 23.5 Å². The predicted molar refractivity (Wildman–Crippen MR) is 115 cm³/mol. The molecular formula is C21H28N4O4S. The second kappa shape index (κ2) is 8.41. The zero-order valence-corrected chi connectivity index (χ0v) is 18.8. The minimum atomic E-state index is -0.183. The largest absolute Gasteiger partial charge is 0.493 e. The molecule has 3 aromatic rings. The lowest BCUT2D eigenvalue weighted by Crippen LogP contribution is -2.47. The SMILES string of the molecule is CCOc1ccc([C@@H](c2sc3nc(C)nn3c2O)N2C[C@@H](C)O[C@H](C)C2)cc1OC. The van der Waals surface area contributed by atoms with Gasteiger partial charge >= 0.3 is 0 Å². The fraction of sp³-hybridized carbons (Fsp3) is 0.524. The van der Waals surface area contributed by atoms with E-state index in [4.69, 9.17) is 14.2 Å². The highest BCUT2D eigenvalue weighted by atomic mass is 32.1. The van der Waals surface area contributed by atoms with Crippen LogP contribution in [0.5, 0.6) is 17.4 Å². The molecule has 2 aromatic heterocycles. The van der Waals surface area contributed by atoms with Gasteiger partial charge in [0.2, 0.25) is 10.8 Å². The number of fused-ring (bicyclic) bond motifs is 1. The predicted octanol–water partition coefficient (Wildman–Crippen LogP) is 3.41. The summed E-state index contributed by atoms with van der Waals surface area (Å²) in [6, 6.07) is 5.76. The Kier molecular flexibility index (Phi) is 5.86. The van der Waals surface area contributed by atoms with Crippen LogP contribution in [-0.4, -0.2) is 63.6 Å². The second-order valence-electron chi connectivity index (χ2n) is 7.60. The van der Waals surface area contributed by atoms with Gasteiger partial charge in [-0.1, -0.05) is 17.4 Å². The number of morpholine rings is 1. The first-order valence-corrected chi connectivity index (χ1v) is 11.0. The molecule has 3 heterocycles. The molecule has 0 amide bonds. The summed E-state index contributed by atoms with van der Waals surface area (Å²) < 4.78 is 18.7. The number of aromatic nitrogens is 3. The van der Waals surface area contributed by atoms with E-state index in [0.29, 0.717) is 28.9 Å². The Balaban J connectivity index is 1.83. The Morgan fingerprint density at radius 3 is 2.63 bits per heavy atom. The lowest BCUT2D eigenvalue weighted by molar-refractivity contribution is -0.0764. The molecule has 30 heavy (non-hydrogen) atoms. The first-order chi connectivity index (χ1) is 14.4. The van der Waals surface area contributed by atoms with Gasteiger partial charge in [0.05, 0.1) is 36.8 Å². The van der Waals surface area contributed by atoms with Crippen LogP contribution in [0.25, 0.3) is 4.96 Å². The molecule has 1 aliphatic rings. The number of ether oxygens (including phenoxy) is 3. The number of benzene rings is 1. The van der Waals surface area contributed by atoms with E-state index in [2.05, 4.69) is 28.8 Å². The molecular weight excluding hydrogens is 404 g/mol. The number of hydrogen-bond donors (Lipinski definition) is 1. The van der Waals surface area contributed by atoms with Crippen LogP contribution in [0.3, 0.4) is 0 Å². The number of rotatable bonds is 6. The third-order valence-corrected chi connectivity index (χ3v) is 6.24. The van der Waals surface area contributed by atoms with Gasteiger partial charge in [-0.3, -0.25) is 4.90 Å². The minimum absolute atomic E-state index is 0.0902. The van der Waals surface area contributed by atoms with Crippen LogP contribution >= 0.6 is 11.3 Å². The van der Waals surface area contributed by atoms with E-state index in [-0.39, 0.29) is 24.1 Å². The van der Waals surface area contributed by atoms with E-state index in [1.54, 1.807) is 7.11 Å². The molecule has 0 spiro atoms. The topological polar surface area (TPSA) is 81.4 Å². The van der Waals surface area contributed by atoms with Crippen LogP contribution in [-0.2, 0) is 4.74 Å². The number of aryl methyl sites for hydroxylation is 1. The van der Waals surface area contributed by atoms with Gasteiger partial charge in [-0.25, -0.2) is 4.98 Å². The summed E-state index contributed by atoms with van der Waals surface area (Å²) in [5, 5.41) is 15.4. The molecule has 0 unspecified atom stereocenters.